The number of hydrogen-bond acceptors (Lipinski definition) is 3. The first kappa shape index (κ1) is 19.3. The van der Waals surface area contributed by atoms with Crippen molar-refractivity contribution in [3.63, 3.8) is 0 Å². The van der Waals surface area contributed by atoms with E-state index in [1.807, 2.05) is 39.0 Å². The van der Waals surface area contributed by atoms with Gasteiger partial charge in [0.1, 0.15) is 5.60 Å². The Morgan fingerprint density at radius 2 is 2.00 bits per heavy atom. The molecule has 0 spiro atoms. The van der Waals surface area contributed by atoms with Gasteiger partial charge in [-0.3, -0.25) is 4.90 Å². The maximum Gasteiger partial charge on any atom is 0.407 e. The molecule has 0 bridgehead atoms. The second-order valence-electron chi connectivity index (χ2n) is 7.53. The van der Waals surface area contributed by atoms with Crippen molar-refractivity contribution >= 4 is 6.09 Å². The summed E-state index contributed by atoms with van der Waals surface area (Å²) in [6.45, 7) is 15.1. The van der Waals surface area contributed by atoms with Crippen LogP contribution in [0.2, 0.25) is 0 Å². The molecule has 4 nitrogen and oxygen atoms in total. The molecule has 0 aromatic heterocycles. The Bertz CT molecular complexity index is 592. The Morgan fingerprint density at radius 3 is 2.56 bits per heavy atom. The molecule has 1 aromatic carbocycles. The van der Waals surface area contributed by atoms with E-state index in [0.29, 0.717) is 12.3 Å². The van der Waals surface area contributed by atoms with Crippen LogP contribution in [0, 0.1) is 0 Å². The van der Waals surface area contributed by atoms with Gasteiger partial charge in [0.05, 0.1) is 6.04 Å². The van der Waals surface area contributed by atoms with E-state index in [-0.39, 0.29) is 18.2 Å². The minimum Gasteiger partial charge on any atom is -0.444 e. The third kappa shape index (κ3) is 5.20. The van der Waals surface area contributed by atoms with Gasteiger partial charge >= 0.3 is 6.09 Å². The molecular weight excluding hydrogens is 312 g/mol. The lowest BCUT2D eigenvalue weighted by molar-refractivity contribution is 0.0240. The number of rotatable bonds is 7. The Labute approximate surface area is 151 Å². The number of amides is 1. The van der Waals surface area contributed by atoms with Gasteiger partial charge < -0.3 is 10.1 Å². The van der Waals surface area contributed by atoms with Crippen LogP contribution in [-0.4, -0.2) is 41.8 Å². The lowest BCUT2D eigenvalue weighted by atomic mass is 9.77. The highest BCUT2D eigenvalue weighted by atomic mass is 16.6. The highest BCUT2D eigenvalue weighted by Crippen LogP contribution is 2.37. The van der Waals surface area contributed by atoms with Gasteiger partial charge in [-0.2, -0.15) is 0 Å². The van der Waals surface area contributed by atoms with Crippen molar-refractivity contribution in [1.82, 2.24) is 10.2 Å². The Balaban J connectivity index is 2.17. The molecule has 0 aliphatic carbocycles. The topological polar surface area (TPSA) is 41.6 Å². The van der Waals surface area contributed by atoms with Crippen molar-refractivity contribution in [3.8, 4) is 0 Å². The van der Waals surface area contributed by atoms with Crippen LogP contribution in [0.15, 0.2) is 55.6 Å². The number of likely N-dealkylation sites (tertiary alicyclic amines) is 1. The molecule has 3 atom stereocenters. The molecule has 0 radical (unpaired) electrons. The molecule has 4 heteroatoms. The lowest BCUT2D eigenvalue weighted by Gasteiger charge is -2.51. The van der Waals surface area contributed by atoms with Crippen LogP contribution in [0.5, 0.6) is 0 Å². The van der Waals surface area contributed by atoms with Gasteiger partial charge in [0.2, 0.25) is 0 Å². The highest BCUT2D eigenvalue weighted by molar-refractivity contribution is 5.68. The fourth-order valence-electron chi connectivity index (χ4n) is 3.42. The number of nitrogens with one attached hydrogen (secondary N) is 1. The van der Waals surface area contributed by atoms with Crippen LogP contribution < -0.4 is 5.32 Å². The number of carbonyl (C=O) groups excluding carboxylic acids is 1. The predicted molar refractivity (Wildman–Crippen MR) is 103 cm³/mol. The van der Waals surface area contributed by atoms with E-state index >= 15 is 0 Å². The quantitative estimate of drug-likeness (QED) is 0.758. The van der Waals surface area contributed by atoms with E-state index in [9.17, 15) is 4.79 Å². The van der Waals surface area contributed by atoms with Crippen molar-refractivity contribution in [2.45, 2.75) is 50.8 Å². The average Bonchev–Trinajstić information content (AvgIpc) is 2.50. The Kier molecular flexibility index (Phi) is 6.43. The first-order valence-corrected chi connectivity index (χ1v) is 8.86. The molecule has 1 N–H and O–H groups in total. The fraction of sp³-hybridized carbons (Fsp3) is 0.476. The summed E-state index contributed by atoms with van der Waals surface area (Å²) in [5.74, 6) is 0.376. The van der Waals surface area contributed by atoms with Gasteiger partial charge in [-0.15, -0.1) is 13.2 Å². The van der Waals surface area contributed by atoms with Crippen LogP contribution in [0.25, 0.3) is 0 Å². The molecule has 1 amide bonds. The standard InChI is InChI=1S/C21H30N2O2/c1-6-11-18(22-20(24)25-21(3,4)5)19-17(15-23(19)14-7-2)16-12-9-8-10-13-16/h6-10,12-13,17-19H,1-2,11,14-15H2,3-5H3,(H,22,24)/t17-,18-,19+/m0/s1. The van der Waals surface area contributed by atoms with Gasteiger partial charge in [-0.25, -0.2) is 4.79 Å². The zero-order valence-corrected chi connectivity index (χ0v) is 15.6. The van der Waals surface area contributed by atoms with Crippen molar-refractivity contribution in [1.29, 1.82) is 0 Å². The second-order valence-corrected chi connectivity index (χ2v) is 7.53. The maximum absolute atomic E-state index is 12.3. The predicted octanol–water partition coefficient (Wildman–Crippen LogP) is 4.11. The molecule has 1 aliphatic heterocycles. The molecule has 25 heavy (non-hydrogen) atoms. The van der Waals surface area contributed by atoms with Gasteiger partial charge in [0.15, 0.2) is 0 Å². The normalized spacial score (nSPS) is 21.7. The maximum atomic E-state index is 12.3. The molecule has 1 aliphatic rings. The van der Waals surface area contributed by atoms with E-state index < -0.39 is 5.60 Å². The summed E-state index contributed by atoms with van der Waals surface area (Å²) in [7, 11) is 0. The van der Waals surface area contributed by atoms with E-state index in [1.165, 1.54) is 5.56 Å². The van der Waals surface area contributed by atoms with Crippen LogP contribution in [0.1, 0.15) is 38.7 Å². The number of nitrogens with zero attached hydrogens (tertiary/aromatic N) is 1. The summed E-state index contributed by atoms with van der Waals surface area (Å²) in [5.41, 5.74) is 0.787. The lowest BCUT2D eigenvalue weighted by Crippen LogP contribution is -2.64. The summed E-state index contributed by atoms with van der Waals surface area (Å²) < 4.78 is 5.45. The van der Waals surface area contributed by atoms with E-state index in [2.05, 4.69) is 47.6 Å². The second kappa shape index (κ2) is 8.34. The third-order valence-electron chi connectivity index (χ3n) is 4.39. The fourth-order valence-corrected chi connectivity index (χ4v) is 3.42. The molecule has 0 unspecified atom stereocenters. The number of carbonyl (C=O) groups is 1. The first-order chi connectivity index (χ1) is 11.9. The van der Waals surface area contributed by atoms with Gasteiger partial charge in [-0.05, 0) is 32.8 Å². The smallest absolute Gasteiger partial charge is 0.407 e. The molecule has 1 saturated heterocycles. The Hall–Kier alpha value is -2.07. The summed E-state index contributed by atoms with van der Waals surface area (Å²) >= 11 is 0. The van der Waals surface area contributed by atoms with Crippen LogP contribution in [0.4, 0.5) is 4.79 Å². The zero-order valence-electron chi connectivity index (χ0n) is 15.6. The van der Waals surface area contributed by atoms with Crippen LogP contribution >= 0.6 is 0 Å². The molecule has 1 aromatic rings. The van der Waals surface area contributed by atoms with Crippen molar-refractivity contribution in [2.24, 2.45) is 0 Å². The number of ether oxygens (including phenoxy) is 1. The largest absolute Gasteiger partial charge is 0.444 e. The first-order valence-electron chi connectivity index (χ1n) is 8.86. The summed E-state index contributed by atoms with van der Waals surface area (Å²) in [6, 6.07) is 10.6. The average molecular weight is 342 g/mol. The van der Waals surface area contributed by atoms with E-state index in [0.717, 1.165) is 13.1 Å². The Morgan fingerprint density at radius 1 is 1.32 bits per heavy atom. The summed E-state index contributed by atoms with van der Waals surface area (Å²) in [4.78, 5) is 14.6. The minimum absolute atomic E-state index is 0.0498. The molecule has 136 valence electrons. The monoisotopic (exact) mass is 342 g/mol. The number of benzene rings is 1. The van der Waals surface area contributed by atoms with Crippen molar-refractivity contribution in [3.05, 3.63) is 61.2 Å². The van der Waals surface area contributed by atoms with Gasteiger partial charge in [0, 0.05) is 25.0 Å². The molecule has 0 saturated carbocycles. The zero-order chi connectivity index (χ0) is 18.4. The molecular formula is C21H30N2O2. The number of alkyl carbamates (subject to hydrolysis) is 1. The molecule has 1 heterocycles. The van der Waals surface area contributed by atoms with Gasteiger partial charge in [-0.1, -0.05) is 42.5 Å². The van der Waals surface area contributed by atoms with Crippen molar-refractivity contribution in [2.75, 3.05) is 13.1 Å². The van der Waals surface area contributed by atoms with Gasteiger partial charge in [0.25, 0.3) is 0 Å². The third-order valence-corrected chi connectivity index (χ3v) is 4.39. The van der Waals surface area contributed by atoms with Crippen LogP contribution in [0.3, 0.4) is 0 Å². The number of hydrogen-bond donors (Lipinski definition) is 1. The molecule has 2 rings (SSSR count). The SMILES string of the molecule is C=CC[C@H](NC(=O)OC(C)(C)C)[C@H]1[C@H](c2ccccc2)CN1CC=C. The van der Waals surface area contributed by atoms with E-state index in [1.54, 1.807) is 0 Å². The summed E-state index contributed by atoms with van der Waals surface area (Å²) in [5, 5.41) is 3.06. The highest BCUT2D eigenvalue weighted by Gasteiger charge is 2.44. The minimum atomic E-state index is -0.512. The van der Waals surface area contributed by atoms with E-state index in [4.69, 9.17) is 4.74 Å². The van der Waals surface area contributed by atoms with Crippen LogP contribution in [-0.2, 0) is 4.74 Å². The van der Waals surface area contributed by atoms with Crippen molar-refractivity contribution < 1.29 is 9.53 Å². The summed E-state index contributed by atoms with van der Waals surface area (Å²) in [6.07, 6.45) is 4.08. The molecule has 1 fully saturated rings.